The molecule has 0 fully saturated rings. The Hall–Kier alpha value is -2.45. The summed E-state index contributed by atoms with van der Waals surface area (Å²) < 4.78 is 22.3. The molecule has 2 aromatic rings. The number of hydrogen-bond acceptors (Lipinski definition) is 4. The highest BCUT2D eigenvalue weighted by molar-refractivity contribution is 7.89. The fourth-order valence-corrected chi connectivity index (χ4v) is 2.32. The number of aromatic nitrogens is 1. The number of nitrogens with one attached hydrogen (secondary N) is 2. The highest BCUT2D eigenvalue weighted by Crippen LogP contribution is 2.14. The van der Waals surface area contributed by atoms with Crippen molar-refractivity contribution in [2.24, 2.45) is 5.14 Å². The fraction of sp³-hybridized carbons (Fsp3) is 0.143. The van der Waals surface area contributed by atoms with Gasteiger partial charge in [-0.15, -0.1) is 0 Å². The molecule has 1 aromatic carbocycles. The lowest BCUT2D eigenvalue weighted by atomic mass is 10.1. The third-order valence-electron chi connectivity index (χ3n) is 2.97. The van der Waals surface area contributed by atoms with E-state index in [1.54, 1.807) is 18.5 Å². The first-order chi connectivity index (χ1) is 10.4. The summed E-state index contributed by atoms with van der Waals surface area (Å²) >= 11 is 0. The molecule has 1 atom stereocenters. The summed E-state index contributed by atoms with van der Waals surface area (Å²) in [6.45, 7) is 1.83. The van der Waals surface area contributed by atoms with Crippen molar-refractivity contribution in [2.75, 3.05) is 5.32 Å². The zero-order valence-corrected chi connectivity index (χ0v) is 12.7. The van der Waals surface area contributed by atoms with Gasteiger partial charge in [-0.2, -0.15) is 0 Å². The Morgan fingerprint density at radius 3 is 2.45 bits per heavy atom. The highest BCUT2D eigenvalue weighted by atomic mass is 32.2. The van der Waals surface area contributed by atoms with Gasteiger partial charge in [0.2, 0.25) is 10.0 Å². The summed E-state index contributed by atoms with van der Waals surface area (Å²) in [6, 6.07) is 8.63. The van der Waals surface area contributed by atoms with Crippen LogP contribution >= 0.6 is 0 Å². The molecule has 7 nitrogen and oxygen atoms in total. The standard InChI is InChI=1S/C14H16N4O3S/c1-10(11-3-2-8-16-9-11)17-14(19)18-12-4-6-13(7-5-12)22(15,20)21/h2-10H,1H3,(H2,15,20,21)(H2,17,18,19)/t10-/m1/s1. The van der Waals surface area contributed by atoms with Crippen molar-refractivity contribution < 1.29 is 13.2 Å². The quantitative estimate of drug-likeness (QED) is 0.794. The number of urea groups is 1. The van der Waals surface area contributed by atoms with Crippen LogP contribution in [0, 0.1) is 0 Å². The molecular formula is C14H16N4O3S. The van der Waals surface area contributed by atoms with Crippen molar-refractivity contribution in [1.82, 2.24) is 10.3 Å². The predicted octanol–water partition coefficient (Wildman–Crippen LogP) is 1.61. The van der Waals surface area contributed by atoms with E-state index in [1.807, 2.05) is 13.0 Å². The Kier molecular flexibility index (Phi) is 4.74. The van der Waals surface area contributed by atoms with Crippen LogP contribution in [-0.2, 0) is 10.0 Å². The number of pyridine rings is 1. The maximum atomic E-state index is 11.9. The number of amides is 2. The first-order valence-electron chi connectivity index (χ1n) is 6.46. The molecule has 0 spiro atoms. The van der Waals surface area contributed by atoms with Crippen LogP contribution in [-0.4, -0.2) is 19.4 Å². The Balaban J connectivity index is 1.98. The van der Waals surface area contributed by atoms with Gasteiger partial charge in [0.15, 0.2) is 0 Å². The van der Waals surface area contributed by atoms with E-state index in [9.17, 15) is 13.2 Å². The Labute approximate surface area is 128 Å². The number of carbonyl (C=O) groups excluding carboxylic acids is 1. The highest BCUT2D eigenvalue weighted by Gasteiger charge is 2.11. The van der Waals surface area contributed by atoms with E-state index in [-0.39, 0.29) is 10.9 Å². The van der Waals surface area contributed by atoms with E-state index in [0.717, 1.165) is 5.56 Å². The Morgan fingerprint density at radius 1 is 1.23 bits per heavy atom. The molecule has 0 saturated heterocycles. The minimum absolute atomic E-state index is 0.0119. The van der Waals surface area contributed by atoms with E-state index in [1.165, 1.54) is 24.3 Å². The largest absolute Gasteiger partial charge is 0.331 e. The predicted molar refractivity (Wildman–Crippen MR) is 82.6 cm³/mol. The van der Waals surface area contributed by atoms with Crippen LogP contribution in [0.3, 0.4) is 0 Å². The summed E-state index contributed by atoms with van der Waals surface area (Å²) in [7, 11) is -3.74. The number of benzene rings is 1. The Bertz CT molecular complexity index is 745. The lowest BCUT2D eigenvalue weighted by Crippen LogP contribution is -2.31. The molecule has 0 unspecified atom stereocenters. The van der Waals surface area contributed by atoms with Crippen LogP contribution in [0.25, 0.3) is 0 Å². The van der Waals surface area contributed by atoms with Gasteiger partial charge in [-0.1, -0.05) is 6.07 Å². The zero-order valence-electron chi connectivity index (χ0n) is 11.9. The van der Waals surface area contributed by atoms with Gasteiger partial charge >= 0.3 is 6.03 Å². The minimum Gasteiger partial charge on any atom is -0.331 e. The molecule has 0 bridgehead atoms. The molecule has 1 heterocycles. The summed E-state index contributed by atoms with van der Waals surface area (Å²) in [5.41, 5.74) is 1.34. The van der Waals surface area contributed by atoms with E-state index in [2.05, 4.69) is 15.6 Å². The molecule has 22 heavy (non-hydrogen) atoms. The van der Waals surface area contributed by atoms with Gasteiger partial charge in [0.25, 0.3) is 0 Å². The summed E-state index contributed by atoms with van der Waals surface area (Å²) in [6.07, 6.45) is 3.33. The maximum Gasteiger partial charge on any atom is 0.319 e. The van der Waals surface area contributed by atoms with Gasteiger partial charge in [0.1, 0.15) is 0 Å². The zero-order chi connectivity index (χ0) is 16.2. The molecule has 0 saturated carbocycles. The number of hydrogen-bond donors (Lipinski definition) is 3. The van der Waals surface area contributed by atoms with Gasteiger partial charge in [-0.3, -0.25) is 4.98 Å². The SMILES string of the molecule is C[C@@H](NC(=O)Nc1ccc(S(N)(=O)=O)cc1)c1cccnc1. The van der Waals surface area contributed by atoms with Crippen LogP contribution in [0.1, 0.15) is 18.5 Å². The third kappa shape index (κ3) is 4.27. The van der Waals surface area contributed by atoms with Crippen LogP contribution in [0.4, 0.5) is 10.5 Å². The van der Waals surface area contributed by atoms with Crippen molar-refractivity contribution in [3.05, 3.63) is 54.4 Å². The maximum absolute atomic E-state index is 11.9. The third-order valence-corrected chi connectivity index (χ3v) is 3.90. The lowest BCUT2D eigenvalue weighted by molar-refractivity contribution is 0.249. The average Bonchev–Trinajstić information content (AvgIpc) is 2.47. The topological polar surface area (TPSA) is 114 Å². The van der Waals surface area contributed by atoms with Crippen molar-refractivity contribution in [3.63, 3.8) is 0 Å². The number of anilines is 1. The van der Waals surface area contributed by atoms with Gasteiger partial charge in [-0.05, 0) is 42.8 Å². The van der Waals surface area contributed by atoms with E-state index in [4.69, 9.17) is 5.14 Å². The second kappa shape index (κ2) is 6.54. The number of sulfonamides is 1. The molecule has 2 amide bonds. The number of carbonyl (C=O) groups is 1. The van der Waals surface area contributed by atoms with E-state index < -0.39 is 16.1 Å². The van der Waals surface area contributed by atoms with Crippen LogP contribution in [0.15, 0.2) is 53.7 Å². The van der Waals surface area contributed by atoms with E-state index >= 15 is 0 Å². The fourth-order valence-electron chi connectivity index (χ4n) is 1.81. The van der Waals surface area contributed by atoms with Gasteiger partial charge in [0.05, 0.1) is 10.9 Å². The van der Waals surface area contributed by atoms with Crippen LogP contribution < -0.4 is 15.8 Å². The molecular weight excluding hydrogens is 304 g/mol. The second-order valence-corrected chi connectivity index (χ2v) is 6.24. The van der Waals surface area contributed by atoms with Crippen LogP contribution in [0.5, 0.6) is 0 Å². The molecule has 0 aliphatic rings. The number of nitrogens with two attached hydrogens (primary N) is 1. The van der Waals surface area contributed by atoms with Crippen molar-refractivity contribution in [2.45, 2.75) is 17.9 Å². The first-order valence-corrected chi connectivity index (χ1v) is 8.01. The molecule has 4 N–H and O–H groups in total. The van der Waals surface area contributed by atoms with Crippen molar-refractivity contribution in [3.8, 4) is 0 Å². The lowest BCUT2D eigenvalue weighted by Gasteiger charge is -2.14. The summed E-state index contributed by atoms with van der Waals surface area (Å²) in [5, 5.41) is 10.4. The van der Waals surface area contributed by atoms with E-state index in [0.29, 0.717) is 5.69 Å². The molecule has 2 rings (SSSR count). The second-order valence-electron chi connectivity index (χ2n) is 4.68. The Morgan fingerprint density at radius 2 is 1.91 bits per heavy atom. The number of rotatable bonds is 4. The number of primary sulfonamides is 1. The molecule has 0 radical (unpaired) electrons. The normalized spacial score (nSPS) is 12.5. The minimum atomic E-state index is -3.74. The molecule has 0 aliphatic heterocycles. The smallest absolute Gasteiger partial charge is 0.319 e. The van der Waals surface area contributed by atoms with Crippen molar-refractivity contribution >= 4 is 21.7 Å². The molecule has 116 valence electrons. The number of nitrogens with zero attached hydrogens (tertiary/aromatic N) is 1. The summed E-state index contributed by atoms with van der Waals surface area (Å²) in [5.74, 6) is 0. The monoisotopic (exact) mass is 320 g/mol. The van der Waals surface area contributed by atoms with Gasteiger partial charge in [0, 0.05) is 18.1 Å². The van der Waals surface area contributed by atoms with Gasteiger partial charge in [-0.25, -0.2) is 18.4 Å². The molecule has 0 aliphatic carbocycles. The first kappa shape index (κ1) is 15.9. The van der Waals surface area contributed by atoms with Crippen molar-refractivity contribution in [1.29, 1.82) is 0 Å². The molecule has 1 aromatic heterocycles. The van der Waals surface area contributed by atoms with Crippen LogP contribution in [0.2, 0.25) is 0 Å². The molecule has 8 heteroatoms. The summed E-state index contributed by atoms with van der Waals surface area (Å²) in [4.78, 5) is 15.9. The van der Waals surface area contributed by atoms with Gasteiger partial charge < -0.3 is 10.6 Å². The average molecular weight is 320 g/mol.